The summed E-state index contributed by atoms with van der Waals surface area (Å²) in [6.07, 6.45) is 0. The third kappa shape index (κ3) is 4.40. The molecule has 2 heterocycles. The molecule has 0 unspecified atom stereocenters. The Hall–Kier alpha value is -3.09. The van der Waals surface area contributed by atoms with Gasteiger partial charge in [-0.2, -0.15) is 0 Å². The summed E-state index contributed by atoms with van der Waals surface area (Å²) in [6.45, 7) is 0.744. The van der Waals surface area contributed by atoms with Crippen molar-refractivity contribution in [2.45, 2.75) is 12.6 Å². The van der Waals surface area contributed by atoms with Crippen LogP contribution in [-0.4, -0.2) is 31.4 Å². The molecule has 6 heteroatoms. The predicted octanol–water partition coefficient (Wildman–Crippen LogP) is 5.11. The number of para-hydroxylation sites is 2. The molecule has 0 saturated heterocycles. The first-order valence-electron chi connectivity index (χ1n) is 9.80. The second kappa shape index (κ2) is 9.15. The van der Waals surface area contributed by atoms with Gasteiger partial charge in [0.2, 0.25) is 0 Å². The Kier molecular flexibility index (Phi) is 6.16. The van der Waals surface area contributed by atoms with Crippen LogP contribution < -0.4 is 10.1 Å². The molecule has 1 atom stereocenters. The quantitative estimate of drug-likeness (QED) is 0.431. The summed E-state index contributed by atoms with van der Waals surface area (Å²) in [5, 5.41) is 5.98. The topological polar surface area (TPSA) is 54.7 Å². The van der Waals surface area contributed by atoms with Crippen molar-refractivity contribution in [2.24, 2.45) is 0 Å². The van der Waals surface area contributed by atoms with E-state index in [-0.39, 0.29) is 18.6 Å². The number of hydrogen-bond acceptors (Lipinski definition) is 5. The Labute approximate surface area is 179 Å². The first-order valence-corrected chi connectivity index (χ1v) is 10.7. The number of ether oxygens (including phenoxy) is 1. The van der Waals surface area contributed by atoms with Crippen LogP contribution in [0, 0.1) is 0 Å². The molecular formula is C24H24N2O3S. The number of fused-ring (bicyclic) bond motifs is 1. The molecule has 0 saturated carbocycles. The Morgan fingerprint density at radius 2 is 1.83 bits per heavy atom. The fraction of sp³-hybridized carbons (Fsp3) is 0.208. The lowest BCUT2D eigenvalue weighted by Gasteiger charge is -2.23. The van der Waals surface area contributed by atoms with E-state index < -0.39 is 0 Å². The maximum absolute atomic E-state index is 13.1. The monoisotopic (exact) mass is 420 g/mol. The molecule has 154 valence electrons. The molecule has 2 aromatic carbocycles. The van der Waals surface area contributed by atoms with E-state index in [0.29, 0.717) is 17.9 Å². The molecule has 0 bridgehead atoms. The molecule has 5 nitrogen and oxygen atoms in total. The second-order valence-corrected chi connectivity index (χ2v) is 8.19. The molecule has 1 amide bonds. The van der Waals surface area contributed by atoms with Crippen molar-refractivity contribution in [3.8, 4) is 5.75 Å². The summed E-state index contributed by atoms with van der Waals surface area (Å²) in [5.41, 5.74) is 1.43. The van der Waals surface area contributed by atoms with Crippen LogP contribution in [0.3, 0.4) is 0 Å². The van der Waals surface area contributed by atoms with E-state index in [9.17, 15) is 4.79 Å². The van der Waals surface area contributed by atoms with E-state index in [4.69, 9.17) is 9.15 Å². The normalized spacial score (nSPS) is 12.2. The van der Waals surface area contributed by atoms with E-state index in [0.717, 1.165) is 16.7 Å². The average Bonchev–Trinajstić information content (AvgIpc) is 3.41. The van der Waals surface area contributed by atoms with Gasteiger partial charge < -0.3 is 19.4 Å². The fourth-order valence-electron chi connectivity index (χ4n) is 3.39. The van der Waals surface area contributed by atoms with Crippen molar-refractivity contribution < 1.29 is 13.9 Å². The third-order valence-electron chi connectivity index (χ3n) is 4.98. The smallest absolute Gasteiger partial charge is 0.287 e. The Balaban J connectivity index is 1.55. The lowest BCUT2D eigenvalue weighted by molar-refractivity contribution is 0.0913. The van der Waals surface area contributed by atoms with Crippen LogP contribution in [-0.2, 0) is 6.61 Å². The predicted molar refractivity (Wildman–Crippen MR) is 120 cm³/mol. The SMILES string of the molecule is CN(C)[C@@H](CNC(=O)c1oc2ccccc2c1COc1ccccc1)c1cccs1. The van der Waals surface area contributed by atoms with Crippen molar-refractivity contribution >= 4 is 28.2 Å². The van der Waals surface area contributed by atoms with E-state index >= 15 is 0 Å². The van der Waals surface area contributed by atoms with Crippen LogP contribution in [0.2, 0.25) is 0 Å². The van der Waals surface area contributed by atoms with Crippen LogP contribution in [0.5, 0.6) is 5.75 Å². The molecule has 0 spiro atoms. The van der Waals surface area contributed by atoms with Gasteiger partial charge in [0, 0.05) is 22.4 Å². The zero-order valence-electron chi connectivity index (χ0n) is 17.0. The molecule has 4 aromatic rings. The maximum atomic E-state index is 13.1. The first kappa shape index (κ1) is 20.2. The highest BCUT2D eigenvalue weighted by atomic mass is 32.1. The largest absolute Gasteiger partial charge is 0.489 e. The van der Waals surface area contributed by atoms with Gasteiger partial charge in [0.15, 0.2) is 5.76 Å². The number of carbonyl (C=O) groups is 1. The Morgan fingerprint density at radius 3 is 2.57 bits per heavy atom. The highest BCUT2D eigenvalue weighted by Crippen LogP contribution is 2.28. The summed E-state index contributed by atoms with van der Waals surface area (Å²) in [7, 11) is 4.02. The fourth-order valence-corrected chi connectivity index (χ4v) is 4.31. The van der Waals surface area contributed by atoms with Crippen LogP contribution in [0.25, 0.3) is 11.0 Å². The molecular weight excluding hydrogens is 396 g/mol. The summed E-state index contributed by atoms with van der Waals surface area (Å²) >= 11 is 1.68. The van der Waals surface area contributed by atoms with Crippen molar-refractivity contribution in [2.75, 3.05) is 20.6 Å². The van der Waals surface area contributed by atoms with Gasteiger partial charge in [-0.05, 0) is 43.7 Å². The van der Waals surface area contributed by atoms with Crippen molar-refractivity contribution in [1.29, 1.82) is 0 Å². The number of benzene rings is 2. The summed E-state index contributed by atoms with van der Waals surface area (Å²) < 4.78 is 11.9. The first-order chi connectivity index (χ1) is 14.6. The molecule has 0 aliphatic rings. The summed E-state index contributed by atoms with van der Waals surface area (Å²) in [5.74, 6) is 0.816. The minimum absolute atomic E-state index is 0.0994. The Bertz CT molecular complexity index is 1100. The summed E-state index contributed by atoms with van der Waals surface area (Å²) in [4.78, 5) is 16.4. The molecule has 1 N–H and O–H groups in total. The van der Waals surface area contributed by atoms with Gasteiger partial charge >= 0.3 is 0 Å². The van der Waals surface area contributed by atoms with Gasteiger partial charge in [-0.3, -0.25) is 4.79 Å². The number of hydrogen-bond donors (Lipinski definition) is 1. The number of carbonyl (C=O) groups excluding carboxylic acids is 1. The maximum Gasteiger partial charge on any atom is 0.287 e. The zero-order chi connectivity index (χ0) is 20.9. The second-order valence-electron chi connectivity index (χ2n) is 7.21. The Morgan fingerprint density at radius 1 is 1.07 bits per heavy atom. The number of nitrogens with one attached hydrogen (secondary N) is 1. The van der Waals surface area contributed by atoms with Crippen LogP contribution >= 0.6 is 11.3 Å². The highest BCUT2D eigenvalue weighted by molar-refractivity contribution is 7.10. The van der Waals surface area contributed by atoms with Crippen LogP contribution in [0.4, 0.5) is 0 Å². The molecule has 0 aliphatic heterocycles. The van der Waals surface area contributed by atoms with Gasteiger partial charge in [0.1, 0.15) is 17.9 Å². The summed E-state index contributed by atoms with van der Waals surface area (Å²) in [6, 6.07) is 21.4. The average molecular weight is 421 g/mol. The van der Waals surface area contributed by atoms with Gasteiger partial charge in [-0.1, -0.05) is 42.5 Å². The molecule has 0 radical (unpaired) electrons. The number of furan rings is 1. The van der Waals surface area contributed by atoms with Gasteiger partial charge in [0.05, 0.1) is 6.04 Å². The minimum atomic E-state index is -0.235. The number of amides is 1. The number of rotatable bonds is 8. The lowest BCUT2D eigenvalue weighted by Crippen LogP contribution is -2.34. The molecule has 0 aliphatic carbocycles. The van der Waals surface area contributed by atoms with Crippen LogP contribution in [0.15, 0.2) is 76.5 Å². The standard InChI is InChI=1S/C24H24N2O3S/c1-26(2)20(22-13-8-14-30-22)15-25-24(27)23-19(16-28-17-9-4-3-5-10-17)18-11-6-7-12-21(18)29-23/h3-14,20H,15-16H2,1-2H3,(H,25,27)/t20-/m0/s1. The molecule has 4 rings (SSSR count). The molecule has 2 aromatic heterocycles. The third-order valence-corrected chi connectivity index (χ3v) is 5.96. The van der Waals surface area contributed by atoms with E-state index in [1.165, 1.54) is 4.88 Å². The zero-order valence-corrected chi connectivity index (χ0v) is 17.8. The van der Waals surface area contributed by atoms with E-state index in [1.54, 1.807) is 11.3 Å². The van der Waals surface area contributed by atoms with E-state index in [2.05, 4.69) is 16.3 Å². The van der Waals surface area contributed by atoms with Crippen molar-refractivity contribution in [1.82, 2.24) is 10.2 Å². The van der Waals surface area contributed by atoms with Crippen molar-refractivity contribution in [3.05, 3.63) is 88.3 Å². The van der Waals surface area contributed by atoms with Gasteiger partial charge in [0.25, 0.3) is 5.91 Å². The van der Waals surface area contributed by atoms with Gasteiger partial charge in [-0.15, -0.1) is 11.3 Å². The number of thiophene rings is 1. The number of likely N-dealkylation sites (N-methyl/N-ethyl adjacent to an activating group) is 1. The molecule has 30 heavy (non-hydrogen) atoms. The number of nitrogens with zero attached hydrogens (tertiary/aromatic N) is 1. The molecule has 0 fully saturated rings. The minimum Gasteiger partial charge on any atom is -0.489 e. The lowest BCUT2D eigenvalue weighted by atomic mass is 10.1. The van der Waals surface area contributed by atoms with Gasteiger partial charge in [-0.25, -0.2) is 0 Å². The van der Waals surface area contributed by atoms with Crippen molar-refractivity contribution in [3.63, 3.8) is 0 Å². The van der Waals surface area contributed by atoms with E-state index in [1.807, 2.05) is 80.1 Å². The van der Waals surface area contributed by atoms with Crippen LogP contribution in [0.1, 0.15) is 27.0 Å². The highest BCUT2D eigenvalue weighted by Gasteiger charge is 2.23.